The summed E-state index contributed by atoms with van der Waals surface area (Å²) in [7, 11) is 0. The summed E-state index contributed by atoms with van der Waals surface area (Å²) < 4.78 is 4.82. The quantitative estimate of drug-likeness (QED) is 0.535. The summed E-state index contributed by atoms with van der Waals surface area (Å²) in [5, 5.41) is 0. The van der Waals surface area contributed by atoms with E-state index in [0.717, 1.165) is 12.0 Å². The molecule has 0 saturated carbocycles. The second-order valence-corrected chi connectivity index (χ2v) is 2.85. The number of hydrogen-bond donors (Lipinski definition) is 0. The molecule has 73 valence electrons. The molecule has 0 fully saturated rings. The molecular formula is C11H11O3. The Labute approximate surface area is 82.7 Å². The summed E-state index contributed by atoms with van der Waals surface area (Å²) in [6.45, 7) is 1.51. The molecule has 1 aromatic carbocycles. The predicted octanol–water partition coefficient (Wildman–Crippen LogP) is 1.52. The summed E-state index contributed by atoms with van der Waals surface area (Å²) in [6, 6.07) is 9.30. The van der Waals surface area contributed by atoms with E-state index in [-0.39, 0.29) is 12.4 Å². The van der Waals surface area contributed by atoms with Crippen LogP contribution in [0.1, 0.15) is 12.5 Å². The van der Waals surface area contributed by atoms with Crippen LogP contribution in [-0.4, -0.2) is 11.8 Å². The van der Waals surface area contributed by atoms with Crippen LogP contribution in [0.4, 0.5) is 0 Å². The number of ketones is 1. The smallest absolute Gasteiger partial charge is 0.318 e. The number of esters is 1. The lowest BCUT2D eigenvalue weighted by atomic mass is 10.2. The van der Waals surface area contributed by atoms with Crippen molar-refractivity contribution in [3.63, 3.8) is 0 Å². The van der Waals surface area contributed by atoms with E-state index in [1.54, 1.807) is 0 Å². The molecule has 0 spiro atoms. The highest BCUT2D eigenvalue weighted by Crippen LogP contribution is 2.01. The maximum absolute atomic E-state index is 10.9. The second kappa shape index (κ2) is 5.17. The Morgan fingerprint density at radius 2 is 1.93 bits per heavy atom. The Hall–Kier alpha value is -1.64. The number of carbonyl (C=O) groups is 2. The number of ether oxygens (including phenoxy) is 1. The van der Waals surface area contributed by atoms with E-state index in [1.807, 2.05) is 30.3 Å². The largest absolute Gasteiger partial charge is 0.460 e. The van der Waals surface area contributed by atoms with Crippen molar-refractivity contribution in [1.82, 2.24) is 0 Å². The summed E-state index contributed by atoms with van der Waals surface area (Å²) in [6.07, 6.45) is 0.933. The standard InChI is InChI=1S/C11H11O3/c1-9(12)7-11(13)14-8-10-5-3-2-4-6-10/h2-7H,8H2,1H3. The van der Waals surface area contributed by atoms with Crippen molar-refractivity contribution in [1.29, 1.82) is 0 Å². The lowest BCUT2D eigenvalue weighted by Gasteiger charge is -2.02. The van der Waals surface area contributed by atoms with Gasteiger partial charge in [-0.1, -0.05) is 30.3 Å². The lowest BCUT2D eigenvalue weighted by Crippen LogP contribution is -2.09. The van der Waals surface area contributed by atoms with Gasteiger partial charge in [-0.2, -0.15) is 0 Å². The van der Waals surface area contributed by atoms with Crippen molar-refractivity contribution in [3.05, 3.63) is 42.3 Å². The molecule has 0 saturated heterocycles. The fraction of sp³-hybridized carbons (Fsp3) is 0.182. The third kappa shape index (κ3) is 3.85. The van der Waals surface area contributed by atoms with E-state index >= 15 is 0 Å². The maximum atomic E-state index is 10.9. The molecule has 14 heavy (non-hydrogen) atoms. The Balaban J connectivity index is 2.34. The summed E-state index contributed by atoms with van der Waals surface area (Å²) in [5.74, 6) is -0.899. The topological polar surface area (TPSA) is 43.4 Å². The van der Waals surface area contributed by atoms with Gasteiger partial charge in [0, 0.05) is 0 Å². The van der Waals surface area contributed by atoms with Crippen LogP contribution in [-0.2, 0) is 20.9 Å². The molecule has 0 aromatic heterocycles. The van der Waals surface area contributed by atoms with Gasteiger partial charge in [-0.15, -0.1) is 0 Å². The first-order valence-corrected chi connectivity index (χ1v) is 4.24. The minimum absolute atomic E-state index is 0.198. The van der Waals surface area contributed by atoms with Gasteiger partial charge in [0.05, 0.1) is 0 Å². The van der Waals surface area contributed by atoms with Gasteiger partial charge in [0.15, 0.2) is 0 Å². The molecule has 0 atom stereocenters. The molecule has 0 unspecified atom stereocenters. The van der Waals surface area contributed by atoms with Crippen LogP contribution in [0, 0.1) is 6.42 Å². The van der Waals surface area contributed by atoms with Crippen molar-refractivity contribution >= 4 is 11.8 Å². The number of carbonyl (C=O) groups excluding carboxylic acids is 2. The van der Waals surface area contributed by atoms with Crippen molar-refractivity contribution in [2.45, 2.75) is 13.5 Å². The SMILES string of the molecule is CC(=O)[CH]C(=O)OCc1ccccc1. The molecule has 0 N–H and O–H groups in total. The minimum atomic E-state index is -0.596. The van der Waals surface area contributed by atoms with E-state index in [9.17, 15) is 9.59 Å². The van der Waals surface area contributed by atoms with Gasteiger partial charge in [0.2, 0.25) is 0 Å². The average molecular weight is 191 g/mol. The summed E-state index contributed by atoms with van der Waals surface area (Å²) in [5.41, 5.74) is 0.901. The van der Waals surface area contributed by atoms with Crippen LogP contribution >= 0.6 is 0 Å². The Bertz CT molecular complexity index is 317. The first-order valence-electron chi connectivity index (χ1n) is 4.24. The highest BCUT2D eigenvalue weighted by molar-refractivity contribution is 6.05. The van der Waals surface area contributed by atoms with Crippen LogP contribution < -0.4 is 0 Å². The first kappa shape index (κ1) is 10.4. The van der Waals surface area contributed by atoms with Crippen LogP contribution in [0.2, 0.25) is 0 Å². The zero-order valence-electron chi connectivity index (χ0n) is 7.90. The van der Waals surface area contributed by atoms with Crippen LogP contribution in [0.15, 0.2) is 30.3 Å². The van der Waals surface area contributed by atoms with Crippen LogP contribution in [0.5, 0.6) is 0 Å². The monoisotopic (exact) mass is 191 g/mol. The van der Waals surface area contributed by atoms with E-state index in [2.05, 4.69) is 0 Å². The molecule has 0 bridgehead atoms. The van der Waals surface area contributed by atoms with Gasteiger partial charge in [-0.05, 0) is 12.5 Å². The fourth-order valence-electron chi connectivity index (χ4n) is 0.936. The Morgan fingerprint density at radius 3 is 2.50 bits per heavy atom. The second-order valence-electron chi connectivity index (χ2n) is 2.85. The Morgan fingerprint density at radius 1 is 1.29 bits per heavy atom. The number of hydrogen-bond acceptors (Lipinski definition) is 3. The minimum Gasteiger partial charge on any atom is -0.460 e. The van der Waals surface area contributed by atoms with Gasteiger partial charge in [0.1, 0.15) is 18.8 Å². The molecule has 3 nitrogen and oxygen atoms in total. The number of Topliss-reactive ketones (excluding diaryl/α,β-unsaturated/α-hetero) is 1. The van der Waals surface area contributed by atoms with E-state index in [1.165, 1.54) is 6.92 Å². The molecule has 1 aromatic rings. The number of rotatable bonds is 4. The van der Waals surface area contributed by atoms with Gasteiger partial charge >= 0.3 is 5.97 Å². The molecule has 1 radical (unpaired) electrons. The van der Waals surface area contributed by atoms with Gasteiger partial charge < -0.3 is 4.74 Å². The van der Waals surface area contributed by atoms with Gasteiger partial charge in [0.25, 0.3) is 0 Å². The number of benzene rings is 1. The maximum Gasteiger partial charge on any atom is 0.318 e. The predicted molar refractivity (Wildman–Crippen MR) is 51.2 cm³/mol. The van der Waals surface area contributed by atoms with Gasteiger partial charge in [-0.25, -0.2) is 0 Å². The van der Waals surface area contributed by atoms with Crippen LogP contribution in [0.25, 0.3) is 0 Å². The van der Waals surface area contributed by atoms with Gasteiger partial charge in [-0.3, -0.25) is 9.59 Å². The summed E-state index contributed by atoms with van der Waals surface area (Å²) >= 11 is 0. The fourth-order valence-corrected chi connectivity index (χ4v) is 0.936. The molecular weight excluding hydrogens is 180 g/mol. The van der Waals surface area contributed by atoms with E-state index in [0.29, 0.717) is 0 Å². The third-order valence-corrected chi connectivity index (χ3v) is 1.55. The molecule has 0 aliphatic carbocycles. The highest BCUT2D eigenvalue weighted by atomic mass is 16.5. The van der Waals surface area contributed by atoms with Crippen molar-refractivity contribution in [2.75, 3.05) is 0 Å². The van der Waals surface area contributed by atoms with Crippen molar-refractivity contribution in [3.8, 4) is 0 Å². The zero-order valence-corrected chi connectivity index (χ0v) is 7.90. The Kier molecular flexibility index (Phi) is 3.85. The molecule has 0 heterocycles. The lowest BCUT2D eigenvalue weighted by molar-refractivity contribution is -0.142. The normalized spacial score (nSPS) is 9.50. The first-order chi connectivity index (χ1) is 6.68. The van der Waals surface area contributed by atoms with Crippen LogP contribution in [0.3, 0.4) is 0 Å². The third-order valence-electron chi connectivity index (χ3n) is 1.55. The molecule has 1 rings (SSSR count). The molecule has 0 aliphatic heterocycles. The molecule has 0 aliphatic rings. The van der Waals surface area contributed by atoms with E-state index < -0.39 is 5.97 Å². The zero-order chi connectivity index (χ0) is 10.4. The van der Waals surface area contributed by atoms with E-state index in [4.69, 9.17) is 4.74 Å². The molecule has 0 amide bonds. The van der Waals surface area contributed by atoms with Crippen molar-refractivity contribution in [2.24, 2.45) is 0 Å². The highest BCUT2D eigenvalue weighted by Gasteiger charge is 2.06. The molecule has 3 heteroatoms. The van der Waals surface area contributed by atoms with Crippen molar-refractivity contribution < 1.29 is 14.3 Å². The summed E-state index contributed by atoms with van der Waals surface area (Å²) in [4.78, 5) is 21.4. The average Bonchev–Trinajstić information content (AvgIpc) is 2.15.